The number of hydrogen-bond acceptors (Lipinski definition) is 3. The maximum absolute atomic E-state index is 4.35. The van der Waals surface area contributed by atoms with Crippen molar-refractivity contribution < 1.29 is 0 Å². The molecule has 15 heavy (non-hydrogen) atoms. The molecule has 4 nitrogen and oxygen atoms in total. The average Bonchev–Trinajstić information content (AvgIpc) is 2.50. The highest BCUT2D eigenvalue weighted by atomic mass is 15.3. The van der Waals surface area contributed by atoms with Crippen LogP contribution < -0.4 is 5.32 Å². The van der Waals surface area contributed by atoms with Gasteiger partial charge in [0, 0.05) is 19.0 Å². The molecular weight excluding hydrogens is 188 g/mol. The van der Waals surface area contributed by atoms with Crippen LogP contribution in [0.2, 0.25) is 0 Å². The minimum atomic E-state index is 0.562. The minimum Gasteiger partial charge on any atom is -0.313 e. The molecule has 0 aliphatic carbocycles. The number of hydrogen-bond donors (Lipinski definition) is 1. The van der Waals surface area contributed by atoms with Crippen molar-refractivity contribution in [2.24, 2.45) is 0 Å². The molecular formula is C11H20N4. The predicted octanol–water partition coefficient (Wildman–Crippen LogP) is 1.63. The smallest absolute Gasteiger partial charge is 0.136 e. The second kappa shape index (κ2) is 4.31. The summed E-state index contributed by atoms with van der Waals surface area (Å²) in [6.45, 7) is 8.62. The number of aromatic nitrogens is 3. The van der Waals surface area contributed by atoms with Gasteiger partial charge in [-0.25, -0.2) is 0 Å². The summed E-state index contributed by atoms with van der Waals surface area (Å²) in [5, 5.41) is 11.9. The molecule has 0 spiro atoms. The first-order valence-electron chi connectivity index (χ1n) is 5.90. The lowest BCUT2D eigenvalue weighted by Gasteiger charge is -2.31. The van der Waals surface area contributed by atoms with E-state index in [2.05, 4.69) is 40.9 Å². The van der Waals surface area contributed by atoms with Crippen LogP contribution in [0.5, 0.6) is 0 Å². The van der Waals surface area contributed by atoms with E-state index in [0.717, 1.165) is 31.8 Å². The van der Waals surface area contributed by atoms with E-state index in [9.17, 15) is 0 Å². The van der Waals surface area contributed by atoms with Crippen molar-refractivity contribution in [3.05, 3.63) is 11.6 Å². The van der Waals surface area contributed by atoms with E-state index in [0.29, 0.717) is 12.0 Å². The highest BCUT2D eigenvalue weighted by Gasteiger charge is 2.26. The summed E-state index contributed by atoms with van der Waals surface area (Å²) in [7, 11) is 0. The van der Waals surface area contributed by atoms with Crippen LogP contribution in [-0.4, -0.2) is 27.9 Å². The van der Waals surface area contributed by atoms with Gasteiger partial charge in [0.25, 0.3) is 0 Å². The largest absolute Gasteiger partial charge is 0.313 e. The van der Waals surface area contributed by atoms with E-state index in [4.69, 9.17) is 0 Å². The Morgan fingerprint density at radius 3 is 2.47 bits per heavy atom. The number of aryl methyl sites for hydroxylation is 1. The highest BCUT2D eigenvalue weighted by Crippen LogP contribution is 2.26. The van der Waals surface area contributed by atoms with Crippen LogP contribution in [-0.2, 0) is 0 Å². The quantitative estimate of drug-likeness (QED) is 0.818. The summed E-state index contributed by atoms with van der Waals surface area (Å²) in [5.74, 6) is 2.80. The maximum Gasteiger partial charge on any atom is 0.136 e. The Morgan fingerprint density at radius 2 is 2.00 bits per heavy atom. The molecule has 0 aromatic carbocycles. The third-order valence-corrected chi connectivity index (χ3v) is 3.37. The zero-order chi connectivity index (χ0) is 10.8. The monoisotopic (exact) mass is 208 g/mol. The number of nitrogens with zero attached hydrogens (tertiary/aromatic N) is 3. The van der Waals surface area contributed by atoms with E-state index in [1.807, 2.05) is 0 Å². The summed E-state index contributed by atoms with van der Waals surface area (Å²) in [4.78, 5) is 0. The molecule has 1 aromatic heterocycles. The Hall–Kier alpha value is -0.900. The van der Waals surface area contributed by atoms with Crippen LogP contribution >= 0.6 is 0 Å². The van der Waals surface area contributed by atoms with Gasteiger partial charge in [-0.15, -0.1) is 10.2 Å². The van der Waals surface area contributed by atoms with Gasteiger partial charge in [-0.3, -0.25) is 0 Å². The molecule has 0 radical (unpaired) electrons. The molecule has 0 saturated carbocycles. The van der Waals surface area contributed by atoms with Crippen LogP contribution in [0, 0.1) is 6.92 Å². The number of nitrogens with one attached hydrogen (secondary N) is 1. The SMILES string of the molecule is CCC(CC)c1nnc(C)n1C1CNC1. The van der Waals surface area contributed by atoms with Gasteiger partial charge in [-0.1, -0.05) is 13.8 Å². The van der Waals surface area contributed by atoms with Gasteiger partial charge >= 0.3 is 0 Å². The van der Waals surface area contributed by atoms with E-state index in [-0.39, 0.29) is 0 Å². The molecule has 2 rings (SSSR count). The average molecular weight is 208 g/mol. The summed E-state index contributed by atoms with van der Waals surface area (Å²) < 4.78 is 2.33. The standard InChI is InChI=1S/C11H20N4/c1-4-9(5-2)11-14-13-8(3)15(11)10-6-12-7-10/h9-10,12H,4-7H2,1-3H3. The van der Waals surface area contributed by atoms with Gasteiger partial charge in [-0.05, 0) is 19.8 Å². The molecule has 1 fully saturated rings. The van der Waals surface area contributed by atoms with E-state index in [1.165, 1.54) is 5.82 Å². The van der Waals surface area contributed by atoms with Crippen molar-refractivity contribution in [1.82, 2.24) is 20.1 Å². The zero-order valence-electron chi connectivity index (χ0n) is 9.82. The van der Waals surface area contributed by atoms with Gasteiger partial charge in [0.05, 0.1) is 6.04 Å². The van der Waals surface area contributed by atoms with E-state index < -0.39 is 0 Å². The summed E-state index contributed by atoms with van der Waals surface area (Å²) in [5.41, 5.74) is 0. The van der Waals surface area contributed by atoms with Gasteiger partial charge in [0.2, 0.25) is 0 Å². The molecule has 1 saturated heterocycles. The fraction of sp³-hybridized carbons (Fsp3) is 0.818. The predicted molar refractivity (Wildman–Crippen MR) is 60.0 cm³/mol. The van der Waals surface area contributed by atoms with Crippen molar-refractivity contribution in [3.63, 3.8) is 0 Å². The molecule has 1 aliphatic rings. The fourth-order valence-corrected chi connectivity index (χ4v) is 2.23. The van der Waals surface area contributed by atoms with E-state index in [1.54, 1.807) is 0 Å². The Morgan fingerprint density at radius 1 is 1.33 bits per heavy atom. The second-order valence-corrected chi connectivity index (χ2v) is 4.30. The van der Waals surface area contributed by atoms with E-state index >= 15 is 0 Å². The van der Waals surface area contributed by atoms with Crippen molar-refractivity contribution in [3.8, 4) is 0 Å². The molecule has 1 aromatic rings. The van der Waals surface area contributed by atoms with Crippen LogP contribution in [0.4, 0.5) is 0 Å². The summed E-state index contributed by atoms with van der Waals surface area (Å²) in [6, 6.07) is 0.579. The first-order chi connectivity index (χ1) is 7.27. The van der Waals surface area contributed by atoms with Crippen LogP contribution in [0.1, 0.15) is 50.3 Å². The van der Waals surface area contributed by atoms with Crippen LogP contribution in [0.15, 0.2) is 0 Å². The molecule has 0 atom stereocenters. The lowest BCUT2D eigenvalue weighted by atomic mass is 10.0. The molecule has 1 N–H and O–H groups in total. The first-order valence-corrected chi connectivity index (χ1v) is 5.90. The Balaban J connectivity index is 2.29. The Labute approximate surface area is 91.1 Å². The van der Waals surface area contributed by atoms with Crippen LogP contribution in [0.3, 0.4) is 0 Å². The Bertz CT molecular complexity index is 323. The summed E-state index contributed by atoms with van der Waals surface area (Å²) in [6.07, 6.45) is 2.30. The highest BCUT2D eigenvalue weighted by molar-refractivity contribution is 5.05. The topological polar surface area (TPSA) is 42.7 Å². The number of rotatable bonds is 4. The Kier molecular flexibility index (Phi) is 3.05. The van der Waals surface area contributed by atoms with Crippen molar-refractivity contribution in [1.29, 1.82) is 0 Å². The third kappa shape index (κ3) is 1.78. The normalized spacial score (nSPS) is 17.1. The van der Waals surface area contributed by atoms with Crippen molar-refractivity contribution in [2.75, 3.05) is 13.1 Å². The summed E-state index contributed by atoms with van der Waals surface area (Å²) >= 11 is 0. The molecule has 84 valence electrons. The molecule has 0 unspecified atom stereocenters. The van der Waals surface area contributed by atoms with Gasteiger partial charge in [0.15, 0.2) is 0 Å². The molecule has 4 heteroatoms. The molecule has 0 amide bonds. The fourth-order valence-electron chi connectivity index (χ4n) is 2.23. The van der Waals surface area contributed by atoms with Crippen molar-refractivity contribution in [2.45, 2.75) is 45.6 Å². The van der Waals surface area contributed by atoms with Gasteiger partial charge in [-0.2, -0.15) is 0 Å². The first kappa shape index (κ1) is 10.6. The lowest BCUT2D eigenvalue weighted by Crippen LogP contribution is -2.44. The second-order valence-electron chi connectivity index (χ2n) is 4.30. The molecule has 1 aliphatic heterocycles. The van der Waals surface area contributed by atoms with Gasteiger partial charge in [0.1, 0.15) is 11.6 Å². The third-order valence-electron chi connectivity index (χ3n) is 3.37. The maximum atomic E-state index is 4.35. The molecule has 2 heterocycles. The van der Waals surface area contributed by atoms with Crippen molar-refractivity contribution >= 4 is 0 Å². The molecule has 0 bridgehead atoms. The van der Waals surface area contributed by atoms with Gasteiger partial charge < -0.3 is 9.88 Å². The van der Waals surface area contributed by atoms with Crippen LogP contribution in [0.25, 0.3) is 0 Å². The lowest BCUT2D eigenvalue weighted by molar-refractivity contribution is 0.323. The zero-order valence-corrected chi connectivity index (χ0v) is 9.82. The minimum absolute atomic E-state index is 0.562.